The molecule has 2 heterocycles. The summed E-state index contributed by atoms with van der Waals surface area (Å²) in [6, 6.07) is 8.96. The largest absolute Gasteiger partial charge is 0.342 e. The summed E-state index contributed by atoms with van der Waals surface area (Å²) in [5.41, 5.74) is 2.44. The number of piperidine rings is 1. The Bertz CT molecular complexity index is 529. The molecule has 1 fully saturated rings. The van der Waals surface area contributed by atoms with Gasteiger partial charge in [-0.15, -0.1) is 0 Å². The average molecular weight is 257 g/mol. The second kappa shape index (κ2) is 4.64. The molecule has 1 aliphatic heterocycles. The van der Waals surface area contributed by atoms with E-state index >= 15 is 0 Å². The minimum absolute atomic E-state index is 0.199. The van der Waals surface area contributed by atoms with E-state index in [0.29, 0.717) is 6.04 Å². The van der Waals surface area contributed by atoms with Crippen molar-refractivity contribution < 1.29 is 0 Å². The van der Waals surface area contributed by atoms with Gasteiger partial charge in [-0.1, -0.05) is 19.1 Å². The van der Waals surface area contributed by atoms with E-state index in [2.05, 4.69) is 54.9 Å². The SMILES string of the molecule is CC(C)N1CCC(C)(c2nc3ccccc3[nH]2)CC1. The van der Waals surface area contributed by atoms with Crippen molar-refractivity contribution >= 4 is 11.0 Å². The van der Waals surface area contributed by atoms with E-state index in [4.69, 9.17) is 4.98 Å². The summed E-state index contributed by atoms with van der Waals surface area (Å²) in [6.45, 7) is 9.26. The second-order valence-corrected chi connectivity index (χ2v) is 6.29. The summed E-state index contributed by atoms with van der Waals surface area (Å²) in [4.78, 5) is 10.9. The van der Waals surface area contributed by atoms with Gasteiger partial charge in [0, 0.05) is 11.5 Å². The fraction of sp³-hybridized carbons (Fsp3) is 0.562. The highest BCUT2D eigenvalue weighted by Crippen LogP contribution is 2.34. The molecule has 3 nitrogen and oxygen atoms in total. The van der Waals surface area contributed by atoms with Crippen LogP contribution in [0.25, 0.3) is 11.0 Å². The summed E-state index contributed by atoms with van der Waals surface area (Å²) in [5.74, 6) is 1.16. The van der Waals surface area contributed by atoms with Crippen LogP contribution in [0.15, 0.2) is 24.3 Å². The number of hydrogen-bond donors (Lipinski definition) is 1. The average Bonchev–Trinajstić information content (AvgIpc) is 2.83. The number of para-hydroxylation sites is 2. The van der Waals surface area contributed by atoms with Gasteiger partial charge in [0.25, 0.3) is 0 Å². The molecule has 0 spiro atoms. The van der Waals surface area contributed by atoms with E-state index in [-0.39, 0.29) is 5.41 Å². The van der Waals surface area contributed by atoms with Crippen molar-refractivity contribution in [1.82, 2.24) is 14.9 Å². The maximum Gasteiger partial charge on any atom is 0.113 e. The fourth-order valence-electron chi connectivity index (χ4n) is 3.01. The Morgan fingerprint density at radius 3 is 2.53 bits per heavy atom. The molecule has 2 aromatic rings. The Morgan fingerprint density at radius 2 is 1.89 bits per heavy atom. The zero-order chi connectivity index (χ0) is 13.5. The smallest absolute Gasteiger partial charge is 0.113 e. The third-order valence-corrected chi connectivity index (χ3v) is 4.59. The molecule has 1 saturated heterocycles. The lowest BCUT2D eigenvalue weighted by atomic mass is 9.79. The van der Waals surface area contributed by atoms with Crippen molar-refractivity contribution in [2.75, 3.05) is 13.1 Å². The van der Waals surface area contributed by atoms with Crippen LogP contribution in [0.4, 0.5) is 0 Å². The third kappa shape index (κ3) is 2.27. The second-order valence-electron chi connectivity index (χ2n) is 6.29. The predicted molar refractivity (Wildman–Crippen MR) is 79.4 cm³/mol. The van der Waals surface area contributed by atoms with Gasteiger partial charge in [0.2, 0.25) is 0 Å². The maximum absolute atomic E-state index is 4.80. The molecule has 1 aliphatic rings. The third-order valence-electron chi connectivity index (χ3n) is 4.59. The first-order chi connectivity index (χ1) is 9.08. The standard InChI is InChI=1S/C16H23N3/c1-12(2)19-10-8-16(3,9-11-19)15-17-13-6-4-5-7-14(13)18-15/h4-7,12H,8-11H2,1-3H3,(H,17,18). The molecular weight excluding hydrogens is 234 g/mol. The molecule has 0 atom stereocenters. The normalized spacial score (nSPS) is 20.2. The Kier molecular flexibility index (Phi) is 3.09. The fourth-order valence-corrected chi connectivity index (χ4v) is 3.01. The molecule has 3 heteroatoms. The molecule has 0 bridgehead atoms. The Morgan fingerprint density at radius 1 is 1.21 bits per heavy atom. The van der Waals surface area contributed by atoms with Crippen molar-refractivity contribution in [3.63, 3.8) is 0 Å². The highest BCUT2D eigenvalue weighted by Gasteiger charge is 2.34. The van der Waals surface area contributed by atoms with E-state index in [1.807, 2.05) is 0 Å². The number of H-pyrrole nitrogens is 1. The number of imidazole rings is 1. The number of rotatable bonds is 2. The molecule has 1 aromatic heterocycles. The highest BCUT2D eigenvalue weighted by molar-refractivity contribution is 5.75. The van der Waals surface area contributed by atoms with Gasteiger partial charge in [-0.2, -0.15) is 0 Å². The van der Waals surface area contributed by atoms with Crippen LogP contribution in [-0.2, 0) is 5.41 Å². The lowest BCUT2D eigenvalue weighted by molar-refractivity contribution is 0.133. The quantitative estimate of drug-likeness (QED) is 0.895. The summed E-state index contributed by atoms with van der Waals surface area (Å²) in [6.07, 6.45) is 2.37. The summed E-state index contributed by atoms with van der Waals surface area (Å²) < 4.78 is 0. The number of benzene rings is 1. The van der Waals surface area contributed by atoms with E-state index in [0.717, 1.165) is 16.9 Å². The van der Waals surface area contributed by atoms with E-state index in [1.165, 1.54) is 25.9 Å². The molecule has 1 N–H and O–H groups in total. The zero-order valence-corrected chi connectivity index (χ0v) is 12.1. The molecule has 1 aromatic carbocycles. The minimum atomic E-state index is 0.199. The van der Waals surface area contributed by atoms with Crippen LogP contribution in [0.2, 0.25) is 0 Å². The Hall–Kier alpha value is -1.35. The van der Waals surface area contributed by atoms with Crippen LogP contribution in [-0.4, -0.2) is 34.0 Å². The maximum atomic E-state index is 4.80. The molecule has 0 aliphatic carbocycles. The van der Waals surface area contributed by atoms with Gasteiger partial charge in [0.05, 0.1) is 11.0 Å². The van der Waals surface area contributed by atoms with Crippen LogP contribution in [0.3, 0.4) is 0 Å². The molecular formula is C16H23N3. The van der Waals surface area contributed by atoms with Gasteiger partial charge in [0.1, 0.15) is 5.82 Å². The number of aromatic nitrogens is 2. The molecule has 0 unspecified atom stereocenters. The van der Waals surface area contributed by atoms with Crippen molar-refractivity contribution in [3.8, 4) is 0 Å². The minimum Gasteiger partial charge on any atom is -0.342 e. The van der Waals surface area contributed by atoms with Gasteiger partial charge >= 0.3 is 0 Å². The highest BCUT2D eigenvalue weighted by atomic mass is 15.2. The van der Waals surface area contributed by atoms with Gasteiger partial charge in [-0.3, -0.25) is 0 Å². The first-order valence-electron chi connectivity index (χ1n) is 7.28. The lowest BCUT2D eigenvalue weighted by Crippen LogP contribution is -2.44. The van der Waals surface area contributed by atoms with Crippen LogP contribution in [0.1, 0.15) is 39.4 Å². The molecule has 0 amide bonds. The zero-order valence-electron chi connectivity index (χ0n) is 12.1. The number of nitrogens with one attached hydrogen (secondary N) is 1. The number of fused-ring (bicyclic) bond motifs is 1. The number of aromatic amines is 1. The monoisotopic (exact) mass is 257 g/mol. The van der Waals surface area contributed by atoms with Gasteiger partial charge in [0.15, 0.2) is 0 Å². The summed E-state index contributed by atoms with van der Waals surface area (Å²) in [5, 5.41) is 0. The van der Waals surface area contributed by atoms with Crippen molar-refractivity contribution in [3.05, 3.63) is 30.1 Å². The van der Waals surface area contributed by atoms with E-state index in [9.17, 15) is 0 Å². The Labute approximate surface area is 115 Å². The van der Waals surface area contributed by atoms with Crippen LogP contribution in [0, 0.1) is 0 Å². The number of nitrogens with zero attached hydrogens (tertiary/aromatic N) is 2. The Balaban J connectivity index is 1.85. The van der Waals surface area contributed by atoms with E-state index < -0.39 is 0 Å². The number of hydrogen-bond acceptors (Lipinski definition) is 2. The lowest BCUT2D eigenvalue weighted by Gasteiger charge is -2.40. The topological polar surface area (TPSA) is 31.9 Å². The van der Waals surface area contributed by atoms with Crippen LogP contribution in [0.5, 0.6) is 0 Å². The van der Waals surface area contributed by atoms with Crippen molar-refractivity contribution in [2.45, 2.75) is 45.1 Å². The van der Waals surface area contributed by atoms with Crippen LogP contribution < -0.4 is 0 Å². The summed E-state index contributed by atoms with van der Waals surface area (Å²) in [7, 11) is 0. The van der Waals surface area contributed by atoms with Gasteiger partial charge in [-0.25, -0.2) is 4.98 Å². The summed E-state index contributed by atoms with van der Waals surface area (Å²) >= 11 is 0. The predicted octanol–water partition coefficient (Wildman–Crippen LogP) is 3.32. The van der Waals surface area contributed by atoms with Crippen molar-refractivity contribution in [2.24, 2.45) is 0 Å². The molecule has 102 valence electrons. The van der Waals surface area contributed by atoms with Gasteiger partial charge < -0.3 is 9.88 Å². The van der Waals surface area contributed by atoms with E-state index in [1.54, 1.807) is 0 Å². The first kappa shape index (κ1) is 12.7. The number of likely N-dealkylation sites (tertiary alicyclic amines) is 1. The first-order valence-corrected chi connectivity index (χ1v) is 7.28. The molecule has 0 radical (unpaired) electrons. The van der Waals surface area contributed by atoms with Gasteiger partial charge in [-0.05, 0) is 51.9 Å². The molecule has 0 saturated carbocycles. The van der Waals surface area contributed by atoms with Crippen molar-refractivity contribution in [1.29, 1.82) is 0 Å². The molecule has 3 rings (SSSR count). The van der Waals surface area contributed by atoms with Crippen LogP contribution >= 0.6 is 0 Å². The molecule has 19 heavy (non-hydrogen) atoms.